The standard InChI is InChI=1S/C17H27BrN2/c1-3-4-14-7-9-20(10-8-14)17-6-5-15(11-13(2)19)12-16(17)18/h5-6,12-14H,3-4,7-11,19H2,1-2H3. The van der Waals surface area contributed by atoms with Crippen molar-refractivity contribution in [3.63, 3.8) is 0 Å². The van der Waals surface area contributed by atoms with Gasteiger partial charge < -0.3 is 10.6 Å². The number of nitrogens with two attached hydrogens (primary N) is 1. The lowest BCUT2D eigenvalue weighted by Crippen LogP contribution is -2.33. The van der Waals surface area contributed by atoms with Gasteiger partial charge in [-0.1, -0.05) is 25.8 Å². The molecule has 0 saturated carbocycles. The van der Waals surface area contributed by atoms with Gasteiger partial charge in [0.15, 0.2) is 0 Å². The second-order valence-electron chi connectivity index (χ2n) is 6.19. The number of hydrogen-bond donors (Lipinski definition) is 1. The first-order valence-corrected chi connectivity index (χ1v) is 8.68. The molecule has 0 radical (unpaired) electrons. The van der Waals surface area contributed by atoms with Crippen molar-refractivity contribution < 1.29 is 0 Å². The molecular formula is C17H27BrN2. The van der Waals surface area contributed by atoms with Crippen molar-refractivity contribution in [3.8, 4) is 0 Å². The summed E-state index contributed by atoms with van der Waals surface area (Å²) in [6, 6.07) is 6.93. The highest BCUT2D eigenvalue weighted by atomic mass is 79.9. The number of halogens is 1. The molecule has 1 fully saturated rings. The molecule has 112 valence electrons. The van der Waals surface area contributed by atoms with Crippen molar-refractivity contribution in [1.82, 2.24) is 0 Å². The van der Waals surface area contributed by atoms with Crippen LogP contribution in [0, 0.1) is 5.92 Å². The average Bonchev–Trinajstić information content (AvgIpc) is 2.40. The highest BCUT2D eigenvalue weighted by Gasteiger charge is 2.20. The number of piperidine rings is 1. The van der Waals surface area contributed by atoms with Crippen LogP contribution in [0.4, 0.5) is 5.69 Å². The number of anilines is 1. The summed E-state index contributed by atoms with van der Waals surface area (Å²) in [5.74, 6) is 0.937. The van der Waals surface area contributed by atoms with Crippen LogP contribution in [0.1, 0.15) is 45.1 Å². The molecule has 20 heavy (non-hydrogen) atoms. The molecule has 1 aliphatic rings. The van der Waals surface area contributed by atoms with Crippen LogP contribution >= 0.6 is 15.9 Å². The lowest BCUT2D eigenvalue weighted by Gasteiger charge is -2.34. The van der Waals surface area contributed by atoms with Crippen LogP contribution in [0.15, 0.2) is 22.7 Å². The smallest absolute Gasteiger partial charge is 0.0510 e. The molecule has 0 aliphatic carbocycles. The molecule has 1 atom stereocenters. The first-order chi connectivity index (χ1) is 9.60. The molecule has 1 unspecified atom stereocenters. The Morgan fingerprint density at radius 2 is 2.05 bits per heavy atom. The highest BCUT2D eigenvalue weighted by molar-refractivity contribution is 9.10. The van der Waals surface area contributed by atoms with Crippen molar-refractivity contribution in [2.24, 2.45) is 11.7 Å². The molecule has 0 amide bonds. The van der Waals surface area contributed by atoms with Crippen LogP contribution in [-0.2, 0) is 6.42 Å². The van der Waals surface area contributed by atoms with Crippen molar-refractivity contribution in [3.05, 3.63) is 28.2 Å². The minimum absolute atomic E-state index is 0.220. The third-order valence-electron chi connectivity index (χ3n) is 4.22. The lowest BCUT2D eigenvalue weighted by molar-refractivity contribution is 0.378. The van der Waals surface area contributed by atoms with Crippen LogP contribution in [0.25, 0.3) is 0 Å². The minimum atomic E-state index is 0.220. The third kappa shape index (κ3) is 4.23. The third-order valence-corrected chi connectivity index (χ3v) is 4.86. The van der Waals surface area contributed by atoms with E-state index in [4.69, 9.17) is 5.73 Å². The van der Waals surface area contributed by atoms with Gasteiger partial charge in [0.2, 0.25) is 0 Å². The summed E-state index contributed by atoms with van der Waals surface area (Å²) in [5.41, 5.74) is 8.53. The van der Waals surface area contributed by atoms with E-state index in [1.807, 2.05) is 0 Å². The highest BCUT2D eigenvalue weighted by Crippen LogP contribution is 2.32. The summed E-state index contributed by atoms with van der Waals surface area (Å²) >= 11 is 3.74. The van der Waals surface area contributed by atoms with Crippen LogP contribution < -0.4 is 10.6 Å². The average molecular weight is 339 g/mol. The fraction of sp³-hybridized carbons (Fsp3) is 0.647. The summed E-state index contributed by atoms with van der Waals surface area (Å²) in [6.45, 7) is 6.73. The van der Waals surface area contributed by atoms with Gasteiger partial charge in [0.1, 0.15) is 0 Å². The Balaban J connectivity index is 1.99. The Morgan fingerprint density at radius 3 is 2.60 bits per heavy atom. The molecule has 3 heteroatoms. The molecule has 0 bridgehead atoms. The van der Waals surface area contributed by atoms with Gasteiger partial charge in [-0.2, -0.15) is 0 Å². The van der Waals surface area contributed by atoms with Crippen LogP contribution in [0.3, 0.4) is 0 Å². The molecule has 2 nitrogen and oxygen atoms in total. The van der Waals surface area contributed by atoms with Crippen LogP contribution in [-0.4, -0.2) is 19.1 Å². The predicted octanol–water partition coefficient (Wildman–Crippen LogP) is 4.36. The van der Waals surface area contributed by atoms with E-state index in [0.29, 0.717) is 0 Å². The zero-order valence-corrected chi connectivity index (χ0v) is 14.3. The van der Waals surface area contributed by atoms with Crippen molar-refractivity contribution >= 4 is 21.6 Å². The molecule has 1 heterocycles. The summed E-state index contributed by atoms with van der Waals surface area (Å²) < 4.78 is 1.21. The van der Waals surface area contributed by atoms with Crippen molar-refractivity contribution in [2.75, 3.05) is 18.0 Å². The monoisotopic (exact) mass is 338 g/mol. The maximum atomic E-state index is 5.87. The molecule has 1 saturated heterocycles. The number of nitrogens with zero attached hydrogens (tertiary/aromatic N) is 1. The van der Waals surface area contributed by atoms with Gasteiger partial charge >= 0.3 is 0 Å². The quantitative estimate of drug-likeness (QED) is 0.864. The van der Waals surface area contributed by atoms with E-state index < -0.39 is 0 Å². The number of rotatable bonds is 5. The van der Waals surface area contributed by atoms with E-state index in [1.54, 1.807) is 0 Å². The van der Waals surface area contributed by atoms with E-state index in [2.05, 4.69) is 52.9 Å². The molecule has 2 N–H and O–H groups in total. The van der Waals surface area contributed by atoms with Gasteiger partial charge in [0.05, 0.1) is 5.69 Å². The van der Waals surface area contributed by atoms with Gasteiger partial charge in [-0.05, 0) is 65.7 Å². The summed E-state index contributed by atoms with van der Waals surface area (Å²) in [5, 5.41) is 0. The number of benzene rings is 1. The summed E-state index contributed by atoms with van der Waals surface area (Å²) in [4.78, 5) is 2.52. The molecule has 1 aromatic rings. The predicted molar refractivity (Wildman–Crippen MR) is 91.3 cm³/mol. The Morgan fingerprint density at radius 1 is 1.35 bits per heavy atom. The van der Waals surface area contributed by atoms with E-state index in [9.17, 15) is 0 Å². The van der Waals surface area contributed by atoms with E-state index >= 15 is 0 Å². The second-order valence-corrected chi connectivity index (χ2v) is 7.04. The molecule has 0 spiro atoms. The van der Waals surface area contributed by atoms with Crippen molar-refractivity contribution in [2.45, 2.75) is 52.0 Å². The number of hydrogen-bond acceptors (Lipinski definition) is 2. The fourth-order valence-corrected chi connectivity index (χ4v) is 3.85. The zero-order chi connectivity index (χ0) is 14.5. The van der Waals surface area contributed by atoms with E-state index in [0.717, 1.165) is 12.3 Å². The molecular weight excluding hydrogens is 312 g/mol. The second kappa shape index (κ2) is 7.46. The first-order valence-electron chi connectivity index (χ1n) is 7.89. The molecule has 1 aromatic carbocycles. The van der Waals surface area contributed by atoms with Gasteiger partial charge in [-0.3, -0.25) is 0 Å². The van der Waals surface area contributed by atoms with Gasteiger partial charge in [0.25, 0.3) is 0 Å². The zero-order valence-electron chi connectivity index (χ0n) is 12.7. The summed E-state index contributed by atoms with van der Waals surface area (Å²) in [6.07, 6.45) is 6.32. The lowest BCUT2D eigenvalue weighted by atomic mass is 9.92. The van der Waals surface area contributed by atoms with Gasteiger partial charge in [0, 0.05) is 23.6 Å². The largest absolute Gasteiger partial charge is 0.371 e. The maximum absolute atomic E-state index is 5.87. The van der Waals surface area contributed by atoms with Crippen LogP contribution in [0.5, 0.6) is 0 Å². The van der Waals surface area contributed by atoms with Crippen molar-refractivity contribution in [1.29, 1.82) is 0 Å². The Labute approximate surface area is 131 Å². The first kappa shape index (κ1) is 15.8. The molecule has 0 aromatic heterocycles. The Kier molecular flexibility index (Phi) is 5.91. The molecule has 2 rings (SSSR count). The Hall–Kier alpha value is -0.540. The topological polar surface area (TPSA) is 29.3 Å². The molecule has 1 aliphatic heterocycles. The minimum Gasteiger partial charge on any atom is -0.371 e. The van der Waals surface area contributed by atoms with E-state index in [-0.39, 0.29) is 6.04 Å². The fourth-order valence-electron chi connectivity index (χ4n) is 3.18. The summed E-state index contributed by atoms with van der Waals surface area (Å²) in [7, 11) is 0. The maximum Gasteiger partial charge on any atom is 0.0510 e. The Bertz CT molecular complexity index is 423. The van der Waals surface area contributed by atoms with E-state index in [1.165, 1.54) is 54.5 Å². The van der Waals surface area contributed by atoms with Gasteiger partial charge in [-0.25, -0.2) is 0 Å². The van der Waals surface area contributed by atoms with Gasteiger partial charge in [-0.15, -0.1) is 0 Å². The SMILES string of the molecule is CCCC1CCN(c2ccc(CC(C)N)cc2Br)CC1. The van der Waals surface area contributed by atoms with Crippen LogP contribution in [0.2, 0.25) is 0 Å². The normalized spacial score (nSPS) is 18.3.